The number of hydrogen-bond acceptors (Lipinski definition) is 1. The number of rotatable bonds is 1. The second kappa shape index (κ2) is 3.79. The van der Waals surface area contributed by atoms with Crippen molar-refractivity contribution in [1.82, 2.24) is 3.59 Å². The van der Waals surface area contributed by atoms with Crippen molar-refractivity contribution in [2.45, 2.75) is 13.8 Å². The predicted molar refractivity (Wildman–Crippen MR) is 67.7 cm³/mol. The molecule has 2 aromatic rings. The molecule has 1 N–H and O–H groups in total. The van der Waals surface area contributed by atoms with Crippen LogP contribution in [0.3, 0.4) is 0 Å². The van der Waals surface area contributed by atoms with Crippen LogP contribution in [-0.4, -0.2) is 14.7 Å². The molecule has 5 heteroatoms. The molecule has 0 saturated carbocycles. The number of fused-ring (bicyclic) bond motifs is 1. The molecule has 0 radical (unpaired) electrons. The van der Waals surface area contributed by atoms with Gasteiger partial charge in [-0.05, 0) is 31.5 Å². The highest BCUT2D eigenvalue weighted by molar-refractivity contribution is 9.08. The van der Waals surface area contributed by atoms with Crippen molar-refractivity contribution in [3.05, 3.63) is 34.0 Å². The molecular formula is C11H9BrClNO2. The molecule has 0 bridgehead atoms. The van der Waals surface area contributed by atoms with E-state index in [1.807, 2.05) is 13.8 Å². The fraction of sp³-hybridized carbons (Fsp3) is 0.182. The second-order valence-electron chi connectivity index (χ2n) is 3.65. The van der Waals surface area contributed by atoms with Gasteiger partial charge in [-0.1, -0.05) is 11.6 Å². The summed E-state index contributed by atoms with van der Waals surface area (Å²) in [6.07, 6.45) is 0. The maximum absolute atomic E-state index is 11.1. The molecule has 0 aliphatic carbocycles. The third-order valence-corrected chi connectivity index (χ3v) is 3.85. The first-order valence-corrected chi connectivity index (χ1v) is 5.72. The van der Waals surface area contributed by atoms with E-state index in [-0.39, 0.29) is 5.56 Å². The van der Waals surface area contributed by atoms with Crippen LogP contribution < -0.4 is 0 Å². The van der Waals surface area contributed by atoms with Crippen molar-refractivity contribution in [2.24, 2.45) is 0 Å². The first-order valence-electron chi connectivity index (χ1n) is 4.64. The monoisotopic (exact) mass is 301 g/mol. The molecule has 0 unspecified atom stereocenters. The molecule has 1 aromatic heterocycles. The largest absolute Gasteiger partial charge is 0.478 e. The Kier molecular flexibility index (Phi) is 2.72. The number of nitrogens with zero attached hydrogens (tertiary/aromatic N) is 1. The molecule has 0 saturated heterocycles. The number of aromatic carboxylic acids is 1. The quantitative estimate of drug-likeness (QED) is 0.871. The summed E-state index contributed by atoms with van der Waals surface area (Å²) in [5, 5.41) is 10.4. The van der Waals surface area contributed by atoms with Crippen LogP contribution >= 0.6 is 27.7 Å². The van der Waals surface area contributed by atoms with Crippen molar-refractivity contribution in [1.29, 1.82) is 0 Å². The Morgan fingerprint density at radius 3 is 2.62 bits per heavy atom. The van der Waals surface area contributed by atoms with Crippen LogP contribution in [0, 0.1) is 13.8 Å². The minimum atomic E-state index is -0.981. The predicted octanol–water partition coefficient (Wildman–Crippen LogP) is 3.77. The standard InChI is InChI=1S/C11H9BrClNO2/c1-5-6(2)14(12)10-8(5)3-7(13)4-9(10)11(15)16/h3-4H,1-2H3,(H,15,16). The van der Waals surface area contributed by atoms with Gasteiger partial charge < -0.3 is 5.11 Å². The molecule has 2 rings (SSSR count). The minimum Gasteiger partial charge on any atom is -0.478 e. The van der Waals surface area contributed by atoms with Gasteiger partial charge in [0.25, 0.3) is 0 Å². The van der Waals surface area contributed by atoms with Gasteiger partial charge in [-0.2, -0.15) is 0 Å². The van der Waals surface area contributed by atoms with Crippen LogP contribution in [0.25, 0.3) is 10.9 Å². The number of carbonyl (C=O) groups is 1. The maximum Gasteiger partial charge on any atom is 0.337 e. The van der Waals surface area contributed by atoms with Gasteiger partial charge in [0.1, 0.15) is 0 Å². The lowest BCUT2D eigenvalue weighted by atomic mass is 10.1. The third kappa shape index (κ3) is 1.53. The molecule has 0 aliphatic heterocycles. The zero-order valence-corrected chi connectivity index (χ0v) is 11.1. The lowest BCUT2D eigenvalue weighted by Crippen LogP contribution is -1.99. The van der Waals surface area contributed by atoms with Crippen LogP contribution in [0.4, 0.5) is 0 Å². The van der Waals surface area contributed by atoms with E-state index in [0.717, 1.165) is 16.6 Å². The highest BCUT2D eigenvalue weighted by Crippen LogP contribution is 2.32. The maximum atomic E-state index is 11.1. The highest BCUT2D eigenvalue weighted by atomic mass is 79.9. The number of carboxylic acids is 1. The van der Waals surface area contributed by atoms with E-state index in [0.29, 0.717) is 10.5 Å². The summed E-state index contributed by atoms with van der Waals surface area (Å²) in [6.45, 7) is 3.86. The van der Waals surface area contributed by atoms with Crippen molar-refractivity contribution < 1.29 is 9.90 Å². The van der Waals surface area contributed by atoms with Gasteiger partial charge >= 0.3 is 5.97 Å². The van der Waals surface area contributed by atoms with Crippen molar-refractivity contribution in [3.8, 4) is 0 Å². The Balaban J connectivity index is 3.02. The fourth-order valence-corrected chi connectivity index (χ4v) is 2.64. The number of carboxylic acid groups (broad SMARTS) is 1. The van der Waals surface area contributed by atoms with Crippen LogP contribution in [0.15, 0.2) is 12.1 Å². The van der Waals surface area contributed by atoms with Gasteiger partial charge in [0, 0.05) is 16.1 Å². The molecule has 0 aliphatic rings. The Hall–Kier alpha value is -1.00. The summed E-state index contributed by atoms with van der Waals surface area (Å²) in [7, 11) is 0. The van der Waals surface area contributed by atoms with E-state index in [2.05, 4.69) is 16.1 Å². The number of halogens is 2. The molecular weight excluding hydrogens is 293 g/mol. The zero-order valence-electron chi connectivity index (χ0n) is 8.71. The van der Waals surface area contributed by atoms with Gasteiger partial charge in [0.2, 0.25) is 0 Å². The van der Waals surface area contributed by atoms with Crippen LogP contribution in [0.1, 0.15) is 21.6 Å². The van der Waals surface area contributed by atoms with Crippen LogP contribution in [0.5, 0.6) is 0 Å². The third-order valence-electron chi connectivity index (χ3n) is 2.74. The average molecular weight is 303 g/mol. The normalized spacial score (nSPS) is 11.0. The Labute approximate surface area is 106 Å². The SMILES string of the molecule is Cc1c(C)n(Br)c2c(C(=O)O)cc(Cl)cc12. The van der Waals surface area contributed by atoms with E-state index in [4.69, 9.17) is 16.7 Å². The van der Waals surface area contributed by atoms with Crippen molar-refractivity contribution in [3.63, 3.8) is 0 Å². The minimum absolute atomic E-state index is 0.204. The van der Waals surface area contributed by atoms with E-state index in [1.54, 1.807) is 9.66 Å². The van der Waals surface area contributed by atoms with Crippen molar-refractivity contribution >= 4 is 44.6 Å². The van der Waals surface area contributed by atoms with Gasteiger partial charge in [0.05, 0.1) is 27.2 Å². The summed E-state index contributed by atoms with van der Waals surface area (Å²) in [4.78, 5) is 11.1. The topological polar surface area (TPSA) is 42.2 Å². The summed E-state index contributed by atoms with van der Waals surface area (Å²) < 4.78 is 1.71. The lowest BCUT2D eigenvalue weighted by molar-refractivity contribution is 0.0699. The second-order valence-corrected chi connectivity index (χ2v) is 4.79. The number of aromatic nitrogens is 1. The van der Waals surface area contributed by atoms with Gasteiger partial charge in [-0.3, -0.25) is 3.59 Å². The summed E-state index contributed by atoms with van der Waals surface area (Å²) in [5.41, 5.74) is 2.85. The zero-order chi connectivity index (χ0) is 12.0. The van der Waals surface area contributed by atoms with Gasteiger partial charge in [-0.15, -0.1) is 0 Å². The lowest BCUT2D eigenvalue weighted by Gasteiger charge is -2.02. The van der Waals surface area contributed by atoms with Gasteiger partial charge in [-0.25, -0.2) is 4.79 Å². The molecule has 84 valence electrons. The van der Waals surface area contributed by atoms with Crippen LogP contribution in [-0.2, 0) is 0 Å². The van der Waals surface area contributed by atoms with E-state index < -0.39 is 5.97 Å². The molecule has 1 heterocycles. The van der Waals surface area contributed by atoms with E-state index in [1.165, 1.54) is 6.07 Å². The molecule has 1 aromatic carbocycles. The summed E-state index contributed by atoms with van der Waals surface area (Å²) >= 11 is 9.27. The van der Waals surface area contributed by atoms with Crippen LogP contribution in [0.2, 0.25) is 5.02 Å². The Morgan fingerprint density at radius 2 is 2.06 bits per heavy atom. The fourth-order valence-electron chi connectivity index (χ4n) is 1.77. The molecule has 0 atom stereocenters. The number of aryl methyl sites for hydroxylation is 1. The number of hydrogen-bond donors (Lipinski definition) is 1. The van der Waals surface area contributed by atoms with Gasteiger partial charge in [0.15, 0.2) is 0 Å². The Morgan fingerprint density at radius 1 is 1.44 bits per heavy atom. The Bertz CT molecular complexity index is 604. The first-order chi connectivity index (χ1) is 7.43. The van der Waals surface area contributed by atoms with Crippen molar-refractivity contribution in [2.75, 3.05) is 0 Å². The molecule has 0 spiro atoms. The number of benzene rings is 1. The molecule has 0 fully saturated rings. The molecule has 3 nitrogen and oxygen atoms in total. The summed E-state index contributed by atoms with van der Waals surface area (Å²) in [6, 6.07) is 3.24. The molecule has 0 amide bonds. The summed E-state index contributed by atoms with van der Waals surface area (Å²) in [5.74, 6) is -0.981. The average Bonchev–Trinajstić information content (AvgIpc) is 2.43. The first kappa shape index (κ1) is 11.5. The van der Waals surface area contributed by atoms with E-state index in [9.17, 15) is 4.79 Å². The smallest absolute Gasteiger partial charge is 0.337 e. The highest BCUT2D eigenvalue weighted by Gasteiger charge is 2.17. The molecule has 16 heavy (non-hydrogen) atoms. The van der Waals surface area contributed by atoms with E-state index >= 15 is 0 Å².